The summed E-state index contributed by atoms with van der Waals surface area (Å²) in [6, 6.07) is 8.55. The Morgan fingerprint density at radius 2 is 1.85 bits per heavy atom. The fourth-order valence-electron chi connectivity index (χ4n) is 1.55. The first kappa shape index (κ1) is 13.5. The molecule has 0 heterocycles. The monoisotopic (exact) mass is 276 g/mol. The van der Waals surface area contributed by atoms with Crippen molar-refractivity contribution in [2.75, 3.05) is 5.32 Å². The Labute approximate surface area is 112 Å². The molecule has 2 rings (SSSR count). The predicted octanol–water partition coefficient (Wildman–Crippen LogP) is 2.69. The number of nitro groups is 1. The zero-order valence-electron chi connectivity index (χ0n) is 10.0. The second kappa shape index (κ2) is 5.35. The summed E-state index contributed by atoms with van der Waals surface area (Å²) in [7, 11) is 0. The van der Waals surface area contributed by atoms with Crippen LogP contribution in [-0.2, 0) is 0 Å². The van der Waals surface area contributed by atoms with E-state index >= 15 is 0 Å². The Hall–Kier alpha value is -2.96. The number of halogens is 1. The molecule has 0 saturated heterocycles. The van der Waals surface area contributed by atoms with Crippen molar-refractivity contribution in [1.29, 1.82) is 0 Å². The maximum absolute atomic E-state index is 13.4. The third kappa shape index (κ3) is 2.89. The van der Waals surface area contributed by atoms with Gasteiger partial charge in [0.2, 0.25) is 5.82 Å². The van der Waals surface area contributed by atoms with Gasteiger partial charge in [-0.1, -0.05) is 0 Å². The highest BCUT2D eigenvalue weighted by molar-refractivity contribution is 6.04. The van der Waals surface area contributed by atoms with Crippen molar-refractivity contribution in [2.45, 2.75) is 0 Å². The van der Waals surface area contributed by atoms with E-state index in [0.717, 1.165) is 12.1 Å². The topological polar surface area (TPSA) is 92.5 Å². The van der Waals surface area contributed by atoms with Gasteiger partial charge in [-0.25, -0.2) is 0 Å². The third-order valence-corrected chi connectivity index (χ3v) is 2.53. The molecule has 2 aromatic carbocycles. The van der Waals surface area contributed by atoms with Crippen molar-refractivity contribution in [1.82, 2.24) is 0 Å². The van der Waals surface area contributed by atoms with E-state index in [9.17, 15) is 19.3 Å². The molecule has 2 aromatic rings. The number of anilines is 1. The number of phenols is 1. The lowest BCUT2D eigenvalue weighted by Gasteiger charge is -2.05. The Morgan fingerprint density at radius 1 is 1.20 bits per heavy atom. The van der Waals surface area contributed by atoms with Crippen LogP contribution in [0.3, 0.4) is 0 Å². The second-order valence-corrected chi connectivity index (χ2v) is 3.92. The van der Waals surface area contributed by atoms with Gasteiger partial charge >= 0.3 is 5.69 Å². The molecule has 0 radical (unpaired) electrons. The van der Waals surface area contributed by atoms with Crippen LogP contribution in [0.15, 0.2) is 42.5 Å². The van der Waals surface area contributed by atoms with E-state index in [1.165, 1.54) is 30.3 Å². The summed E-state index contributed by atoms with van der Waals surface area (Å²) in [5, 5.41) is 22.0. The molecule has 0 unspecified atom stereocenters. The van der Waals surface area contributed by atoms with E-state index < -0.39 is 22.3 Å². The number of phenolic OH excluding ortho intramolecular Hbond substituents is 1. The van der Waals surface area contributed by atoms with Crippen LogP contribution in [0.5, 0.6) is 5.75 Å². The summed E-state index contributed by atoms with van der Waals surface area (Å²) in [6.07, 6.45) is 0. The summed E-state index contributed by atoms with van der Waals surface area (Å²) >= 11 is 0. The highest BCUT2D eigenvalue weighted by Gasteiger charge is 2.15. The number of nitrogens with one attached hydrogen (secondary N) is 1. The molecular weight excluding hydrogens is 267 g/mol. The number of amides is 1. The van der Waals surface area contributed by atoms with Crippen molar-refractivity contribution in [2.24, 2.45) is 0 Å². The van der Waals surface area contributed by atoms with E-state index in [1.807, 2.05) is 0 Å². The maximum Gasteiger partial charge on any atom is 0.304 e. The van der Waals surface area contributed by atoms with Crippen LogP contribution in [0.25, 0.3) is 0 Å². The van der Waals surface area contributed by atoms with Crippen LogP contribution in [0.1, 0.15) is 10.4 Å². The highest BCUT2D eigenvalue weighted by atomic mass is 19.1. The fourth-order valence-corrected chi connectivity index (χ4v) is 1.55. The number of hydrogen-bond donors (Lipinski definition) is 2. The first-order chi connectivity index (χ1) is 9.47. The quantitative estimate of drug-likeness (QED) is 0.665. The van der Waals surface area contributed by atoms with Crippen molar-refractivity contribution in [3.05, 3.63) is 64.0 Å². The summed E-state index contributed by atoms with van der Waals surface area (Å²) in [4.78, 5) is 21.4. The number of nitro benzene ring substituents is 1. The largest absolute Gasteiger partial charge is 0.508 e. The van der Waals surface area contributed by atoms with Gasteiger partial charge in [0.15, 0.2) is 0 Å². The Morgan fingerprint density at radius 3 is 2.40 bits per heavy atom. The lowest BCUT2D eigenvalue weighted by atomic mass is 10.2. The number of benzene rings is 2. The summed E-state index contributed by atoms with van der Waals surface area (Å²) in [6.45, 7) is 0. The van der Waals surface area contributed by atoms with Gasteiger partial charge in [-0.15, -0.1) is 0 Å². The molecule has 0 fully saturated rings. The average molecular weight is 276 g/mol. The summed E-state index contributed by atoms with van der Waals surface area (Å²) in [5.74, 6) is -1.53. The molecule has 6 nitrogen and oxygen atoms in total. The van der Waals surface area contributed by atoms with Crippen molar-refractivity contribution in [3.8, 4) is 5.75 Å². The maximum atomic E-state index is 13.4. The summed E-state index contributed by atoms with van der Waals surface area (Å²) < 4.78 is 13.4. The first-order valence-corrected chi connectivity index (χ1v) is 5.51. The minimum absolute atomic E-state index is 0.0166. The zero-order chi connectivity index (χ0) is 14.7. The fraction of sp³-hybridized carbons (Fsp3) is 0. The Kier molecular flexibility index (Phi) is 3.60. The van der Waals surface area contributed by atoms with Crippen molar-refractivity contribution < 1.29 is 19.2 Å². The molecule has 0 saturated carbocycles. The minimum atomic E-state index is -1.03. The molecule has 20 heavy (non-hydrogen) atoms. The lowest BCUT2D eigenvalue weighted by Crippen LogP contribution is -2.11. The van der Waals surface area contributed by atoms with Crippen LogP contribution in [0, 0.1) is 15.9 Å². The van der Waals surface area contributed by atoms with Crippen LogP contribution in [-0.4, -0.2) is 15.9 Å². The molecule has 0 aliphatic carbocycles. The zero-order valence-corrected chi connectivity index (χ0v) is 10.0. The number of aromatic hydroxyl groups is 1. The molecule has 7 heteroatoms. The van der Waals surface area contributed by atoms with Gasteiger partial charge < -0.3 is 10.4 Å². The molecule has 0 aliphatic rings. The molecule has 0 spiro atoms. The van der Waals surface area contributed by atoms with Gasteiger partial charge in [0.05, 0.1) is 4.92 Å². The van der Waals surface area contributed by atoms with Gasteiger partial charge in [-0.2, -0.15) is 4.39 Å². The Bertz CT molecular complexity index is 671. The van der Waals surface area contributed by atoms with Crippen molar-refractivity contribution >= 4 is 17.3 Å². The minimum Gasteiger partial charge on any atom is -0.508 e. The van der Waals surface area contributed by atoms with E-state index in [-0.39, 0.29) is 17.0 Å². The number of carbonyl (C=O) groups is 1. The van der Waals surface area contributed by atoms with Crippen LogP contribution < -0.4 is 5.32 Å². The normalized spacial score (nSPS) is 10.1. The van der Waals surface area contributed by atoms with E-state index in [1.54, 1.807) is 0 Å². The number of carbonyl (C=O) groups excluding carboxylic acids is 1. The van der Waals surface area contributed by atoms with Crippen LogP contribution in [0.4, 0.5) is 15.8 Å². The Balaban J connectivity index is 2.18. The highest BCUT2D eigenvalue weighted by Crippen LogP contribution is 2.21. The molecule has 0 bridgehead atoms. The molecule has 0 aromatic heterocycles. The van der Waals surface area contributed by atoms with Gasteiger partial charge in [0, 0.05) is 23.4 Å². The van der Waals surface area contributed by atoms with Gasteiger partial charge in [0.25, 0.3) is 5.91 Å². The standard InChI is InChI=1S/C13H9FN2O4/c14-11-7-9(3-6-12(11)16(19)20)15-13(18)8-1-4-10(17)5-2-8/h1-7,17H,(H,15,18). The van der Waals surface area contributed by atoms with Gasteiger partial charge in [-0.3, -0.25) is 14.9 Å². The van der Waals surface area contributed by atoms with Gasteiger partial charge in [-0.05, 0) is 30.3 Å². The molecule has 0 atom stereocenters. The molecule has 2 N–H and O–H groups in total. The van der Waals surface area contributed by atoms with E-state index in [4.69, 9.17) is 5.11 Å². The predicted molar refractivity (Wildman–Crippen MR) is 69.1 cm³/mol. The van der Waals surface area contributed by atoms with Crippen molar-refractivity contribution in [3.63, 3.8) is 0 Å². The third-order valence-electron chi connectivity index (χ3n) is 2.53. The second-order valence-electron chi connectivity index (χ2n) is 3.92. The van der Waals surface area contributed by atoms with E-state index in [2.05, 4.69) is 5.32 Å². The molecule has 0 aliphatic heterocycles. The number of nitrogens with zero attached hydrogens (tertiary/aromatic N) is 1. The number of hydrogen-bond acceptors (Lipinski definition) is 4. The summed E-state index contributed by atoms with van der Waals surface area (Å²) in [5.41, 5.74) is -0.291. The first-order valence-electron chi connectivity index (χ1n) is 5.51. The van der Waals surface area contributed by atoms with Crippen LogP contribution in [0.2, 0.25) is 0 Å². The smallest absolute Gasteiger partial charge is 0.304 e. The van der Waals surface area contributed by atoms with Gasteiger partial charge in [0.1, 0.15) is 5.75 Å². The van der Waals surface area contributed by atoms with Crippen LogP contribution >= 0.6 is 0 Å². The number of rotatable bonds is 3. The molecule has 102 valence electrons. The molecular formula is C13H9FN2O4. The lowest BCUT2D eigenvalue weighted by molar-refractivity contribution is -0.387. The van der Waals surface area contributed by atoms with E-state index in [0.29, 0.717) is 0 Å². The SMILES string of the molecule is O=C(Nc1ccc([N+](=O)[O-])c(F)c1)c1ccc(O)cc1. The average Bonchev–Trinajstić information content (AvgIpc) is 2.39. The molecule has 1 amide bonds.